The Morgan fingerprint density at radius 1 is 0.667 bits per heavy atom. The third-order valence-electron chi connectivity index (χ3n) is 4.26. The van der Waals surface area contributed by atoms with Gasteiger partial charge in [-0.3, -0.25) is 0 Å². The van der Waals surface area contributed by atoms with E-state index in [0.717, 1.165) is 19.8 Å². The maximum absolute atomic E-state index is 9.59. The molecule has 30 heavy (non-hydrogen) atoms. The molecule has 0 aliphatic carbocycles. The first-order chi connectivity index (χ1) is 14.2. The van der Waals surface area contributed by atoms with Crippen molar-refractivity contribution in [3.8, 4) is 5.75 Å². The summed E-state index contributed by atoms with van der Waals surface area (Å²) in [6, 6.07) is 36.0. The summed E-state index contributed by atoms with van der Waals surface area (Å²) in [6.07, 6.45) is 0. The Morgan fingerprint density at radius 2 is 1.17 bits per heavy atom. The third kappa shape index (κ3) is 7.63. The molecule has 4 N–H and O–H groups in total. The number of hydrogen-bond acceptors (Lipinski definition) is 3. The minimum Gasteiger partial charge on any atom is -0.508 e. The predicted molar refractivity (Wildman–Crippen MR) is 127 cm³/mol. The average molecular weight is 466 g/mol. The average Bonchev–Trinajstić information content (AvgIpc) is 2.76. The van der Waals surface area contributed by atoms with Gasteiger partial charge in [0.25, 0.3) is 0 Å². The number of anilines is 2. The van der Waals surface area contributed by atoms with Crippen molar-refractivity contribution in [2.45, 2.75) is 6.54 Å². The maximum atomic E-state index is 9.59. The number of para-hydroxylation sites is 3. The summed E-state index contributed by atoms with van der Waals surface area (Å²) in [5.41, 5.74) is 8.24. The van der Waals surface area contributed by atoms with Gasteiger partial charge in [-0.2, -0.15) is 0 Å². The molecule has 0 aliphatic heterocycles. The summed E-state index contributed by atoms with van der Waals surface area (Å²) >= 11 is 0. The van der Waals surface area contributed by atoms with Gasteiger partial charge in [-0.25, -0.2) is 0 Å². The van der Waals surface area contributed by atoms with Gasteiger partial charge in [0, 0.05) is 31.6 Å². The first-order valence-corrected chi connectivity index (χ1v) is 10.4. The Labute approximate surface area is 192 Å². The number of phenols is 1. The monoisotopic (exact) mass is 464 g/mol. The van der Waals surface area contributed by atoms with Crippen LogP contribution in [0.2, 0.25) is 0 Å². The van der Waals surface area contributed by atoms with Gasteiger partial charge in [0.05, 0.1) is 11.4 Å². The van der Waals surface area contributed by atoms with Crippen molar-refractivity contribution in [1.29, 1.82) is 0 Å². The normalized spacial score (nSPS) is 9.60. The van der Waals surface area contributed by atoms with Crippen LogP contribution in [-0.2, 0) is 26.0 Å². The fourth-order valence-corrected chi connectivity index (χ4v) is 3.77. The van der Waals surface area contributed by atoms with Gasteiger partial charge in [0.15, 0.2) is 0 Å². The smallest absolute Gasteiger partial charge is 0.120 e. The molecule has 5 heteroatoms. The summed E-state index contributed by atoms with van der Waals surface area (Å²) in [5.74, 6) is 0.296. The fraction of sp³-hybridized carbons (Fsp3) is 0.0400. The molecular formula is C25H25N2OPZn. The molecular weight excluding hydrogens is 441 g/mol. The van der Waals surface area contributed by atoms with Crippen molar-refractivity contribution in [1.82, 2.24) is 0 Å². The second-order valence-corrected chi connectivity index (χ2v) is 7.83. The van der Waals surface area contributed by atoms with Crippen molar-refractivity contribution in [3.05, 3.63) is 115 Å². The molecule has 0 radical (unpaired) electrons. The Kier molecular flexibility index (Phi) is 10.1. The molecule has 0 saturated carbocycles. The number of nitrogen functional groups attached to an aromatic ring is 1. The van der Waals surface area contributed by atoms with Crippen LogP contribution in [0.4, 0.5) is 11.4 Å². The van der Waals surface area contributed by atoms with Crippen LogP contribution in [0.1, 0.15) is 5.56 Å². The topological polar surface area (TPSA) is 58.3 Å². The van der Waals surface area contributed by atoms with Crippen LogP contribution in [-0.4, -0.2) is 5.11 Å². The van der Waals surface area contributed by atoms with Crippen LogP contribution in [0.15, 0.2) is 109 Å². The van der Waals surface area contributed by atoms with Gasteiger partial charge < -0.3 is 16.2 Å². The van der Waals surface area contributed by atoms with Crippen LogP contribution in [0, 0.1) is 0 Å². The predicted octanol–water partition coefficient (Wildman–Crippen LogP) is 4.90. The SMILES string of the molecule is Nc1ccccc1NCc1ccccc1O.[Zn].c1ccc(Pc2ccccc2)cc1. The zero-order valence-electron chi connectivity index (χ0n) is 16.8. The van der Waals surface area contributed by atoms with Crippen LogP contribution in [0.3, 0.4) is 0 Å². The van der Waals surface area contributed by atoms with Crippen molar-refractivity contribution in [2.24, 2.45) is 0 Å². The van der Waals surface area contributed by atoms with Crippen molar-refractivity contribution in [2.75, 3.05) is 11.1 Å². The van der Waals surface area contributed by atoms with E-state index in [1.807, 2.05) is 36.4 Å². The van der Waals surface area contributed by atoms with E-state index in [1.165, 1.54) is 10.6 Å². The van der Waals surface area contributed by atoms with Gasteiger partial charge in [-0.05, 0) is 28.8 Å². The third-order valence-corrected chi connectivity index (χ3v) is 5.50. The number of nitrogens with two attached hydrogens (primary N) is 1. The van der Waals surface area contributed by atoms with E-state index in [4.69, 9.17) is 5.73 Å². The second-order valence-electron chi connectivity index (χ2n) is 6.43. The molecule has 4 aromatic rings. The molecule has 0 saturated heterocycles. The molecule has 0 amide bonds. The molecule has 0 atom stereocenters. The Balaban J connectivity index is 0.000000211. The van der Waals surface area contributed by atoms with Gasteiger partial charge in [-0.1, -0.05) is 99.6 Å². The van der Waals surface area contributed by atoms with Gasteiger partial charge >= 0.3 is 0 Å². The maximum Gasteiger partial charge on any atom is 0.120 e. The standard InChI is InChI=1S/C13H14N2O.C12H11P.Zn/c14-11-6-2-3-7-12(11)15-9-10-5-1-4-8-13(10)16;1-3-7-11(8-4-1)13-12-9-5-2-6-10-12;/h1-8,15-16H,9,14H2;1-10,13H;. The number of phenolic OH excluding ortho intramolecular Hbond substituents is 1. The molecule has 0 fully saturated rings. The van der Waals surface area contributed by atoms with E-state index < -0.39 is 0 Å². The summed E-state index contributed by atoms with van der Waals surface area (Å²) in [6.45, 7) is 0.556. The fourth-order valence-electron chi connectivity index (χ4n) is 2.72. The number of nitrogens with one attached hydrogen (secondary N) is 1. The second kappa shape index (κ2) is 12.8. The number of benzene rings is 4. The zero-order valence-corrected chi connectivity index (χ0v) is 20.8. The van der Waals surface area contributed by atoms with E-state index in [0.29, 0.717) is 18.0 Å². The minimum absolute atomic E-state index is 0. The Hall–Kier alpha value is -2.67. The van der Waals surface area contributed by atoms with E-state index in [2.05, 4.69) is 66.0 Å². The molecule has 0 aromatic heterocycles. The summed E-state index contributed by atoms with van der Waals surface area (Å²) in [7, 11) is 0.777. The largest absolute Gasteiger partial charge is 0.508 e. The first-order valence-electron chi connectivity index (χ1n) is 9.45. The molecule has 0 heterocycles. The van der Waals surface area contributed by atoms with E-state index in [-0.39, 0.29) is 19.5 Å². The Bertz CT molecular complexity index is 931. The first kappa shape index (κ1) is 23.6. The summed E-state index contributed by atoms with van der Waals surface area (Å²) in [5, 5.41) is 15.6. The van der Waals surface area contributed by atoms with Crippen LogP contribution < -0.4 is 21.7 Å². The van der Waals surface area contributed by atoms with Crippen molar-refractivity contribution >= 4 is 30.6 Å². The quantitative estimate of drug-likeness (QED) is 0.223. The van der Waals surface area contributed by atoms with Gasteiger partial charge in [0.2, 0.25) is 0 Å². The molecule has 3 nitrogen and oxygen atoms in total. The summed E-state index contributed by atoms with van der Waals surface area (Å²) < 4.78 is 0. The van der Waals surface area contributed by atoms with Crippen molar-refractivity contribution in [3.63, 3.8) is 0 Å². The van der Waals surface area contributed by atoms with E-state index >= 15 is 0 Å². The molecule has 0 spiro atoms. The van der Waals surface area contributed by atoms with Crippen LogP contribution in [0.25, 0.3) is 0 Å². The zero-order chi connectivity index (χ0) is 20.3. The number of aromatic hydroxyl groups is 1. The molecule has 0 aliphatic rings. The van der Waals surface area contributed by atoms with Gasteiger partial charge in [-0.15, -0.1) is 0 Å². The summed E-state index contributed by atoms with van der Waals surface area (Å²) in [4.78, 5) is 0. The number of hydrogen-bond donors (Lipinski definition) is 3. The molecule has 4 rings (SSSR count). The van der Waals surface area contributed by atoms with E-state index in [9.17, 15) is 5.11 Å². The minimum atomic E-state index is 0. The molecule has 0 bridgehead atoms. The van der Waals surface area contributed by atoms with Gasteiger partial charge in [0.1, 0.15) is 5.75 Å². The molecule has 148 valence electrons. The van der Waals surface area contributed by atoms with Crippen molar-refractivity contribution < 1.29 is 24.6 Å². The van der Waals surface area contributed by atoms with E-state index in [1.54, 1.807) is 12.1 Å². The van der Waals surface area contributed by atoms with Crippen LogP contribution >= 0.6 is 8.58 Å². The van der Waals surface area contributed by atoms with Crippen LogP contribution in [0.5, 0.6) is 5.75 Å². The molecule has 0 unspecified atom stereocenters. The molecule has 4 aromatic carbocycles. The Morgan fingerprint density at radius 3 is 1.73 bits per heavy atom. The number of rotatable bonds is 5.